The lowest BCUT2D eigenvalue weighted by atomic mass is 10.0. The number of ether oxygens (including phenoxy) is 1. The number of benzene rings is 3. The quantitative estimate of drug-likeness (QED) is 0.371. The molecule has 0 amide bonds. The number of Topliss-reactive ketones (excluding diaryl/α,β-unsaturated/α-hetero) is 2. The Morgan fingerprint density at radius 2 is 1.35 bits per heavy atom. The molecule has 180 valence electrons. The zero-order valence-electron chi connectivity index (χ0n) is 19.6. The van der Waals surface area contributed by atoms with Crippen LogP contribution in [-0.2, 0) is 0 Å². The summed E-state index contributed by atoms with van der Waals surface area (Å²) in [6.45, 7) is 3.02. The van der Waals surface area contributed by atoms with Gasteiger partial charge in [-0.25, -0.2) is 0 Å². The van der Waals surface area contributed by atoms with Crippen LogP contribution in [0.5, 0.6) is 5.75 Å². The highest BCUT2D eigenvalue weighted by Gasteiger charge is 2.28. The lowest BCUT2D eigenvalue weighted by molar-refractivity contribution is -0.926. The molecule has 0 heterocycles. The average molecular weight is 482 g/mol. The minimum Gasteiger partial charge on any atom is -1.00 e. The highest BCUT2D eigenvalue weighted by atomic mass is 35.5. The van der Waals surface area contributed by atoms with E-state index in [1.807, 2.05) is 73.7 Å². The summed E-state index contributed by atoms with van der Waals surface area (Å²) in [4.78, 5) is 26.5. The third-order valence-electron chi connectivity index (χ3n) is 6.09. The molecule has 3 rings (SSSR count). The second kappa shape index (κ2) is 13.7. The van der Waals surface area contributed by atoms with E-state index >= 15 is 0 Å². The monoisotopic (exact) mass is 481 g/mol. The first-order valence-electron chi connectivity index (χ1n) is 11.3. The smallest absolute Gasteiger partial charge is 0.168 e. The number of ketones is 2. The average Bonchev–Trinajstić information content (AvgIpc) is 2.88. The standard InChI is InChI=1S/C28H31NO4.ClH/c1-21(28(32)23-12-7-4-8-13-23)29(18-16-26(30)22-10-5-3-6-11-22)19-17-27(31)24-14-9-15-25(20-24)33-2;/h3-15,20-21,28,32H,16-19H2,1-2H3;1H. The highest BCUT2D eigenvalue weighted by molar-refractivity contribution is 5.96. The molecule has 2 N–H and O–H groups in total. The number of carbonyl (C=O) groups is 2. The van der Waals surface area contributed by atoms with Gasteiger partial charge < -0.3 is 27.2 Å². The second-order valence-corrected chi connectivity index (χ2v) is 8.25. The van der Waals surface area contributed by atoms with Crippen molar-refractivity contribution in [3.8, 4) is 5.75 Å². The van der Waals surface area contributed by atoms with Crippen molar-refractivity contribution >= 4 is 11.6 Å². The minimum absolute atomic E-state index is 0. The van der Waals surface area contributed by atoms with Crippen molar-refractivity contribution in [3.63, 3.8) is 0 Å². The maximum atomic E-state index is 12.8. The molecule has 0 aromatic heterocycles. The minimum atomic E-state index is -0.694. The molecule has 3 aromatic carbocycles. The van der Waals surface area contributed by atoms with Crippen LogP contribution in [0.2, 0.25) is 0 Å². The molecular formula is C28H32ClNO4. The van der Waals surface area contributed by atoms with Crippen LogP contribution in [0.1, 0.15) is 52.1 Å². The van der Waals surface area contributed by atoms with Gasteiger partial charge in [0.25, 0.3) is 0 Å². The van der Waals surface area contributed by atoms with Crippen LogP contribution in [0, 0.1) is 0 Å². The van der Waals surface area contributed by atoms with Gasteiger partial charge in [-0.2, -0.15) is 0 Å². The Hall–Kier alpha value is -2.99. The first kappa shape index (κ1) is 27.3. The second-order valence-electron chi connectivity index (χ2n) is 8.25. The van der Waals surface area contributed by atoms with E-state index in [4.69, 9.17) is 4.74 Å². The molecule has 0 saturated heterocycles. The van der Waals surface area contributed by atoms with Gasteiger partial charge >= 0.3 is 0 Å². The van der Waals surface area contributed by atoms with Crippen LogP contribution in [-0.4, -0.2) is 42.9 Å². The van der Waals surface area contributed by atoms with Crippen molar-refractivity contribution in [2.24, 2.45) is 0 Å². The number of nitrogens with one attached hydrogen (secondary N) is 1. The maximum absolute atomic E-state index is 12.8. The summed E-state index contributed by atoms with van der Waals surface area (Å²) in [5, 5.41) is 11.0. The molecule has 5 nitrogen and oxygen atoms in total. The Balaban J connectivity index is 0.00000408. The first-order chi connectivity index (χ1) is 16.0. The summed E-state index contributed by atoms with van der Waals surface area (Å²) in [6.07, 6.45) is -0.0353. The van der Waals surface area contributed by atoms with Crippen LogP contribution in [0.4, 0.5) is 0 Å². The largest absolute Gasteiger partial charge is 1.00 e. The maximum Gasteiger partial charge on any atom is 0.168 e. The molecule has 0 aliphatic heterocycles. The summed E-state index contributed by atoms with van der Waals surface area (Å²) in [7, 11) is 1.58. The Labute approximate surface area is 207 Å². The molecule has 3 unspecified atom stereocenters. The number of methoxy groups -OCH3 is 1. The molecule has 3 atom stereocenters. The fraction of sp³-hybridized carbons (Fsp3) is 0.286. The zero-order valence-corrected chi connectivity index (χ0v) is 20.4. The van der Waals surface area contributed by atoms with Gasteiger partial charge in [-0.1, -0.05) is 72.8 Å². The Kier molecular flexibility index (Phi) is 10.9. The summed E-state index contributed by atoms with van der Waals surface area (Å²) in [6, 6.07) is 25.7. The van der Waals surface area contributed by atoms with E-state index < -0.39 is 6.10 Å². The molecule has 0 saturated carbocycles. The molecular weight excluding hydrogens is 450 g/mol. The molecule has 34 heavy (non-hydrogen) atoms. The van der Waals surface area contributed by atoms with E-state index in [1.54, 1.807) is 25.3 Å². The first-order valence-corrected chi connectivity index (χ1v) is 11.3. The van der Waals surface area contributed by atoms with E-state index in [-0.39, 0.29) is 30.0 Å². The fourth-order valence-corrected chi connectivity index (χ4v) is 4.00. The molecule has 0 radical (unpaired) electrons. The SMILES string of the molecule is COc1cccc(C(=O)CC[NH+](CCC(=O)c2ccccc2)C(C)C(O)c2ccccc2)c1.[Cl-]. The molecule has 0 fully saturated rings. The summed E-state index contributed by atoms with van der Waals surface area (Å²) < 4.78 is 5.23. The van der Waals surface area contributed by atoms with E-state index in [0.29, 0.717) is 42.8 Å². The number of aliphatic hydroxyl groups excluding tert-OH is 1. The molecule has 0 aliphatic rings. The third-order valence-corrected chi connectivity index (χ3v) is 6.09. The highest BCUT2D eigenvalue weighted by Crippen LogP contribution is 2.16. The number of quaternary nitrogens is 1. The Morgan fingerprint density at radius 3 is 1.94 bits per heavy atom. The van der Waals surface area contributed by atoms with Gasteiger partial charge in [0.05, 0.1) is 33.0 Å². The van der Waals surface area contributed by atoms with Gasteiger partial charge in [-0.05, 0) is 24.6 Å². The summed E-state index contributed by atoms with van der Waals surface area (Å²) >= 11 is 0. The number of carbonyl (C=O) groups excluding carboxylic acids is 2. The van der Waals surface area contributed by atoms with Gasteiger partial charge in [0.2, 0.25) is 0 Å². The van der Waals surface area contributed by atoms with Crippen LogP contribution in [0.15, 0.2) is 84.9 Å². The van der Waals surface area contributed by atoms with E-state index in [1.165, 1.54) is 0 Å². The van der Waals surface area contributed by atoms with Crippen molar-refractivity contribution in [1.29, 1.82) is 0 Å². The molecule has 0 bridgehead atoms. The number of halogens is 1. The van der Waals surface area contributed by atoms with Gasteiger partial charge in [-0.15, -0.1) is 0 Å². The van der Waals surface area contributed by atoms with Gasteiger partial charge in [-0.3, -0.25) is 9.59 Å². The predicted octanol–water partition coefficient (Wildman–Crippen LogP) is 0.552. The van der Waals surface area contributed by atoms with Gasteiger partial charge in [0, 0.05) is 11.1 Å². The van der Waals surface area contributed by atoms with Crippen LogP contribution in [0.25, 0.3) is 0 Å². The van der Waals surface area contributed by atoms with E-state index in [2.05, 4.69) is 0 Å². The van der Waals surface area contributed by atoms with Crippen molar-refractivity contribution in [3.05, 3.63) is 102 Å². The van der Waals surface area contributed by atoms with E-state index in [9.17, 15) is 14.7 Å². The summed E-state index contributed by atoms with van der Waals surface area (Å²) in [5.41, 5.74) is 2.11. The van der Waals surface area contributed by atoms with Crippen molar-refractivity contribution in [1.82, 2.24) is 0 Å². The Bertz CT molecular complexity index is 1040. The Morgan fingerprint density at radius 1 is 0.824 bits per heavy atom. The molecule has 0 aliphatic carbocycles. The van der Waals surface area contributed by atoms with Gasteiger partial charge in [0.1, 0.15) is 17.9 Å². The summed E-state index contributed by atoms with van der Waals surface area (Å²) in [5.74, 6) is 0.724. The number of hydrogen-bond donors (Lipinski definition) is 2. The van der Waals surface area contributed by atoms with Gasteiger partial charge in [0.15, 0.2) is 11.6 Å². The lowest BCUT2D eigenvalue weighted by Gasteiger charge is -2.29. The van der Waals surface area contributed by atoms with E-state index in [0.717, 1.165) is 10.5 Å². The number of rotatable bonds is 12. The molecule has 6 heteroatoms. The van der Waals surface area contributed by atoms with Crippen LogP contribution in [0.3, 0.4) is 0 Å². The molecule has 3 aromatic rings. The zero-order chi connectivity index (χ0) is 23.6. The molecule has 0 spiro atoms. The van der Waals surface area contributed by atoms with Crippen LogP contribution < -0.4 is 22.0 Å². The third kappa shape index (κ3) is 7.52. The van der Waals surface area contributed by atoms with Crippen molar-refractivity contribution in [2.75, 3.05) is 20.2 Å². The lowest BCUT2D eigenvalue weighted by Crippen LogP contribution is -3.16. The number of hydrogen-bond acceptors (Lipinski definition) is 4. The number of aliphatic hydroxyl groups is 1. The van der Waals surface area contributed by atoms with Crippen molar-refractivity contribution in [2.45, 2.75) is 31.9 Å². The predicted molar refractivity (Wildman–Crippen MR) is 129 cm³/mol. The fourth-order valence-electron chi connectivity index (χ4n) is 4.00. The van der Waals surface area contributed by atoms with Crippen molar-refractivity contribution < 1.29 is 36.7 Å². The van der Waals surface area contributed by atoms with Crippen LogP contribution >= 0.6 is 0 Å². The normalized spacial score (nSPS) is 13.3. The topological polar surface area (TPSA) is 68.0 Å².